The lowest BCUT2D eigenvalue weighted by Gasteiger charge is -2.24. The molecule has 2 aliphatic rings. The van der Waals surface area contributed by atoms with E-state index >= 15 is 0 Å². The molecule has 1 aliphatic carbocycles. The van der Waals surface area contributed by atoms with Crippen molar-refractivity contribution in [3.05, 3.63) is 57.9 Å². The zero-order valence-corrected chi connectivity index (χ0v) is 21.4. The van der Waals surface area contributed by atoms with Gasteiger partial charge in [0, 0.05) is 35.1 Å². The molecule has 4 rings (SSSR count). The zero-order chi connectivity index (χ0) is 24.4. The Labute approximate surface area is 203 Å². The molecule has 1 aromatic carbocycles. The van der Waals surface area contributed by atoms with Crippen molar-refractivity contribution < 1.29 is 9.59 Å². The minimum Gasteiger partial charge on any atom is -0.374 e. The number of ketones is 2. The molecule has 5 nitrogen and oxygen atoms in total. The van der Waals surface area contributed by atoms with Gasteiger partial charge in [0.1, 0.15) is 0 Å². The maximum Gasteiger partial charge on any atom is 0.182 e. The second-order valence-corrected chi connectivity index (χ2v) is 10.3. The number of aromatic nitrogens is 1. The third kappa shape index (κ3) is 4.90. The second-order valence-electron chi connectivity index (χ2n) is 10.3. The Balaban J connectivity index is 1.71. The second kappa shape index (κ2) is 10.3. The number of carbonyl (C=O) groups is 2. The maximum absolute atomic E-state index is 13.7. The first-order valence-corrected chi connectivity index (χ1v) is 12.9. The number of nitrogens with zero attached hydrogens (tertiary/aromatic N) is 1. The van der Waals surface area contributed by atoms with E-state index in [2.05, 4.69) is 67.3 Å². The summed E-state index contributed by atoms with van der Waals surface area (Å²) in [6, 6.07) is 4.76. The standard InChI is InChI=1S/C29H39N3O2/c1-6-7-22-12-19(4)13-26(33)29(22)31-16-27(34)24-14-23(21-8-10-30-11-9-21)15-25-28(24)20(5)17-32(25)18(2)3/h12,14-15,17-18,21,30-31H,6-11,13,16H2,1-5H3. The molecular formula is C29H39N3O2. The molecule has 2 N–H and O–H groups in total. The third-order valence-electron chi connectivity index (χ3n) is 7.22. The third-order valence-corrected chi connectivity index (χ3v) is 7.22. The molecule has 182 valence electrons. The number of Topliss-reactive ketones (excluding diaryl/α,β-unsaturated/α-hetero) is 2. The number of allylic oxidation sites excluding steroid dienone is 4. The van der Waals surface area contributed by atoms with E-state index < -0.39 is 0 Å². The molecule has 5 heteroatoms. The minimum absolute atomic E-state index is 0.0489. The molecule has 0 radical (unpaired) electrons. The van der Waals surface area contributed by atoms with Gasteiger partial charge in [0.2, 0.25) is 0 Å². The summed E-state index contributed by atoms with van der Waals surface area (Å²) in [6.45, 7) is 12.7. The van der Waals surface area contributed by atoms with Gasteiger partial charge >= 0.3 is 0 Å². The van der Waals surface area contributed by atoms with Gasteiger partial charge in [-0.05, 0) is 94.8 Å². The molecule has 2 heterocycles. The van der Waals surface area contributed by atoms with Crippen LogP contribution in [0.5, 0.6) is 0 Å². The van der Waals surface area contributed by atoms with E-state index in [1.807, 2.05) is 6.92 Å². The van der Waals surface area contributed by atoms with Crippen molar-refractivity contribution in [2.45, 2.75) is 78.7 Å². The lowest BCUT2D eigenvalue weighted by atomic mass is 9.87. The Kier molecular flexibility index (Phi) is 7.42. The fourth-order valence-corrected chi connectivity index (χ4v) is 5.53. The van der Waals surface area contributed by atoms with E-state index in [0.29, 0.717) is 24.1 Å². The molecule has 34 heavy (non-hydrogen) atoms. The quantitative estimate of drug-likeness (QED) is 0.492. The number of fused-ring (bicyclic) bond motifs is 1. The number of carbonyl (C=O) groups excluding carboxylic acids is 2. The van der Waals surface area contributed by atoms with Crippen LogP contribution in [-0.2, 0) is 4.79 Å². The Morgan fingerprint density at radius 3 is 2.62 bits per heavy atom. The lowest BCUT2D eigenvalue weighted by Crippen LogP contribution is -2.30. The van der Waals surface area contributed by atoms with Crippen molar-refractivity contribution in [2.24, 2.45) is 0 Å². The average Bonchev–Trinajstić information content (AvgIpc) is 3.15. The normalized spacial score (nSPS) is 17.6. The molecule has 1 aromatic heterocycles. The highest BCUT2D eigenvalue weighted by molar-refractivity contribution is 6.10. The fraction of sp³-hybridized carbons (Fsp3) is 0.517. The summed E-state index contributed by atoms with van der Waals surface area (Å²) >= 11 is 0. The first-order chi connectivity index (χ1) is 16.3. The van der Waals surface area contributed by atoms with Crippen LogP contribution in [0.4, 0.5) is 0 Å². The Morgan fingerprint density at radius 1 is 1.21 bits per heavy atom. The molecule has 0 unspecified atom stereocenters. The molecule has 1 aliphatic heterocycles. The number of piperidine rings is 1. The molecule has 0 saturated carbocycles. The van der Waals surface area contributed by atoms with E-state index in [-0.39, 0.29) is 18.1 Å². The van der Waals surface area contributed by atoms with Crippen molar-refractivity contribution in [2.75, 3.05) is 19.6 Å². The summed E-state index contributed by atoms with van der Waals surface area (Å²) in [6.07, 6.45) is 8.69. The van der Waals surface area contributed by atoms with Gasteiger partial charge < -0.3 is 15.2 Å². The zero-order valence-electron chi connectivity index (χ0n) is 21.4. The average molecular weight is 462 g/mol. The number of hydrogen-bond donors (Lipinski definition) is 2. The largest absolute Gasteiger partial charge is 0.374 e. The predicted octanol–water partition coefficient (Wildman–Crippen LogP) is 5.74. The molecule has 1 fully saturated rings. The van der Waals surface area contributed by atoms with Gasteiger partial charge in [0.25, 0.3) is 0 Å². The lowest BCUT2D eigenvalue weighted by molar-refractivity contribution is -0.115. The van der Waals surface area contributed by atoms with E-state index in [1.165, 1.54) is 5.56 Å². The number of benzene rings is 1. The summed E-state index contributed by atoms with van der Waals surface area (Å²) in [4.78, 5) is 26.4. The van der Waals surface area contributed by atoms with Gasteiger partial charge in [-0.15, -0.1) is 0 Å². The van der Waals surface area contributed by atoms with Gasteiger partial charge in [-0.2, -0.15) is 0 Å². The van der Waals surface area contributed by atoms with Gasteiger partial charge in [-0.1, -0.05) is 25.0 Å². The highest BCUT2D eigenvalue weighted by Crippen LogP contribution is 2.34. The summed E-state index contributed by atoms with van der Waals surface area (Å²) < 4.78 is 2.29. The monoisotopic (exact) mass is 461 g/mol. The summed E-state index contributed by atoms with van der Waals surface area (Å²) in [5.41, 5.74) is 7.06. The maximum atomic E-state index is 13.7. The van der Waals surface area contributed by atoms with E-state index in [1.54, 1.807) is 0 Å². The summed E-state index contributed by atoms with van der Waals surface area (Å²) in [5.74, 6) is 0.604. The van der Waals surface area contributed by atoms with Crippen LogP contribution in [0.2, 0.25) is 0 Å². The van der Waals surface area contributed by atoms with Crippen molar-refractivity contribution >= 4 is 22.5 Å². The number of nitrogens with one attached hydrogen (secondary N) is 2. The molecule has 1 saturated heterocycles. The van der Waals surface area contributed by atoms with Crippen LogP contribution in [0.15, 0.2) is 41.2 Å². The molecule has 0 bridgehead atoms. The van der Waals surface area contributed by atoms with Crippen LogP contribution in [-0.4, -0.2) is 35.8 Å². The minimum atomic E-state index is 0.0489. The molecular weight excluding hydrogens is 422 g/mol. The fourth-order valence-electron chi connectivity index (χ4n) is 5.53. The predicted molar refractivity (Wildman–Crippen MR) is 140 cm³/mol. The molecule has 2 aromatic rings. The summed E-state index contributed by atoms with van der Waals surface area (Å²) in [7, 11) is 0. The molecule has 0 amide bonds. The van der Waals surface area contributed by atoms with Crippen molar-refractivity contribution in [3.8, 4) is 0 Å². The number of hydrogen-bond acceptors (Lipinski definition) is 4. The highest BCUT2D eigenvalue weighted by Gasteiger charge is 2.24. The van der Waals surface area contributed by atoms with Gasteiger partial charge in [0.05, 0.1) is 12.2 Å². The highest BCUT2D eigenvalue weighted by atomic mass is 16.1. The Hall–Kier alpha value is -2.66. The first kappa shape index (κ1) is 24.5. The van der Waals surface area contributed by atoms with Gasteiger partial charge in [-0.3, -0.25) is 9.59 Å². The van der Waals surface area contributed by atoms with Crippen LogP contribution < -0.4 is 10.6 Å². The van der Waals surface area contributed by atoms with Crippen molar-refractivity contribution in [3.63, 3.8) is 0 Å². The van der Waals surface area contributed by atoms with E-state index in [9.17, 15) is 9.59 Å². The van der Waals surface area contributed by atoms with Crippen LogP contribution in [0.1, 0.15) is 93.2 Å². The molecule has 0 spiro atoms. The van der Waals surface area contributed by atoms with Gasteiger partial charge in [0.15, 0.2) is 11.6 Å². The van der Waals surface area contributed by atoms with E-state index in [0.717, 1.165) is 71.9 Å². The van der Waals surface area contributed by atoms with E-state index in [4.69, 9.17) is 0 Å². The topological polar surface area (TPSA) is 63.1 Å². The number of rotatable bonds is 8. The van der Waals surface area contributed by atoms with Gasteiger partial charge in [-0.25, -0.2) is 0 Å². The Morgan fingerprint density at radius 2 is 1.94 bits per heavy atom. The molecule has 0 atom stereocenters. The van der Waals surface area contributed by atoms with Crippen molar-refractivity contribution in [1.82, 2.24) is 15.2 Å². The first-order valence-electron chi connectivity index (χ1n) is 12.9. The Bertz CT molecular complexity index is 1160. The van der Waals surface area contributed by atoms with Crippen LogP contribution >= 0.6 is 0 Å². The van der Waals surface area contributed by atoms with Crippen LogP contribution in [0.25, 0.3) is 10.9 Å². The SMILES string of the molecule is CCCC1=C(NCC(=O)c2cc(C3CCNCC3)cc3c2c(C)cn3C(C)C)C(=O)CC(C)=C1. The van der Waals surface area contributed by atoms with Crippen LogP contribution in [0, 0.1) is 6.92 Å². The van der Waals surface area contributed by atoms with Crippen LogP contribution in [0.3, 0.4) is 0 Å². The summed E-state index contributed by atoms with van der Waals surface area (Å²) in [5, 5.41) is 7.75. The smallest absolute Gasteiger partial charge is 0.182 e. The number of aryl methyl sites for hydroxylation is 1. The van der Waals surface area contributed by atoms with Crippen molar-refractivity contribution in [1.29, 1.82) is 0 Å².